The Kier molecular flexibility index (Phi) is 5.28. The van der Waals surface area contributed by atoms with Crippen LogP contribution in [0.4, 0.5) is 10.5 Å². The van der Waals surface area contributed by atoms with Crippen LogP contribution in [0, 0.1) is 5.92 Å². The zero-order valence-corrected chi connectivity index (χ0v) is 14.4. The number of hydrogen-bond acceptors (Lipinski definition) is 4. The summed E-state index contributed by atoms with van der Waals surface area (Å²) in [5.74, 6) is 0.860. The molecule has 134 valence electrons. The van der Waals surface area contributed by atoms with Crippen molar-refractivity contribution in [1.82, 2.24) is 10.6 Å². The van der Waals surface area contributed by atoms with Crippen molar-refractivity contribution in [3.8, 4) is 0 Å². The van der Waals surface area contributed by atoms with Crippen LogP contribution in [0.15, 0.2) is 53.1 Å². The smallest absolute Gasteiger partial charge is 0.314 e. The van der Waals surface area contributed by atoms with E-state index in [0.717, 1.165) is 19.5 Å². The molecule has 3 rings (SSSR count). The minimum Gasteiger partial charge on any atom is -0.466 e. The first-order valence-electron chi connectivity index (χ1n) is 8.63. The number of benzene rings is 1. The second-order valence-electron chi connectivity index (χ2n) is 6.75. The van der Waals surface area contributed by atoms with Gasteiger partial charge in [-0.1, -0.05) is 18.2 Å². The van der Waals surface area contributed by atoms with E-state index in [0.29, 0.717) is 18.2 Å². The molecule has 2 aromatic rings. The second kappa shape index (κ2) is 7.61. The summed E-state index contributed by atoms with van der Waals surface area (Å²) in [6.07, 6.45) is 2.56. The highest BCUT2D eigenvalue weighted by atomic mass is 16.4. The van der Waals surface area contributed by atoms with Crippen molar-refractivity contribution in [2.45, 2.75) is 18.9 Å². The van der Waals surface area contributed by atoms with Gasteiger partial charge < -0.3 is 25.1 Å². The number of urea groups is 1. The molecule has 0 spiro atoms. The summed E-state index contributed by atoms with van der Waals surface area (Å²) in [6, 6.07) is 13.4. The van der Waals surface area contributed by atoms with Crippen LogP contribution < -0.4 is 15.5 Å². The number of aliphatic hydroxyl groups is 1. The minimum absolute atomic E-state index is 0.0904. The summed E-state index contributed by atoms with van der Waals surface area (Å²) < 4.78 is 5.20. The lowest BCUT2D eigenvalue weighted by molar-refractivity contribution is 0.0367. The molecule has 1 saturated heterocycles. The van der Waals surface area contributed by atoms with Gasteiger partial charge >= 0.3 is 6.03 Å². The first-order valence-corrected chi connectivity index (χ1v) is 8.63. The van der Waals surface area contributed by atoms with Crippen LogP contribution in [-0.2, 0) is 5.60 Å². The Morgan fingerprint density at radius 3 is 2.80 bits per heavy atom. The van der Waals surface area contributed by atoms with Gasteiger partial charge in [0.05, 0.1) is 12.8 Å². The molecule has 0 bridgehead atoms. The number of nitrogens with zero attached hydrogens (tertiary/aromatic N) is 1. The molecule has 1 aromatic carbocycles. The number of para-hydroxylation sites is 1. The van der Waals surface area contributed by atoms with E-state index in [9.17, 15) is 9.90 Å². The van der Waals surface area contributed by atoms with Gasteiger partial charge in [0, 0.05) is 25.3 Å². The van der Waals surface area contributed by atoms with E-state index in [2.05, 4.69) is 27.7 Å². The molecule has 25 heavy (non-hydrogen) atoms. The van der Waals surface area contributed by atoms with E-state index in [1.165, 1.54) is 12.0 Å². The van der Waals surface area contributed by atoms with Crippen LogP contribution in [-0.4, -0.2) is 37.3 Å². The highest BCUT2D eigenvalue weighted by Crippen LogP contribution is 2.23. The molecule has 2 atom stereocenters. The van der Waals surface area contributed by atoms with Crippen molar-refractivity contribution < 1.29 is 14.3 Å². The Morgan fingerprint density at radius 1 is 1.28 bits per heavy atom. The zero-order valence-electron chi connectivity index (χ0n) is 14.4. The lowest BCUT2D eigenvalue weighted by Gasteiger charge is -2.22. The average Bonchev–Trinajstić information content (AvgIpc) is 3.31. The van der Waals surface area contributed by atoms with Crippen molar-refractivity contribution in [2.24, 2.45) is 5.92 Å². The number of furan rings is 1. The third-order valence-corrected chi connectivity index (χ3v) is 4.60. The van der Waals surface area contributed by atoms with Gasteiger partial charge in [0.15, 0.2) is 0 Å². The summed E-state index contributed by atoms with van der Waals surface area (Å²) in [7, 11) is 0. The topological polar surface area (TPSA) is 77.7 Å². The highest BCUT2D eigenvalue weighted by molar-refractivity contribution is 5.73. The van der Waals surface area contributed by atoms with Crippen LogP contribution in [0.3, 0.4) is 0 Å². The summed E-state index contributed by atoms with van der Waals surface area (Å²) in [5, 5.41) is 15.9. The first-order chi connectivity index (χ1) is 12.0. The first kappa shape index (κ1) is 17.4. The molecule has 2 unspecified atom stereocenters. The van der Waals surface area contributed by atoms with Crippen molar-refractivity contribution in [3.63, 3.8) is 0 Å². The van der Waals surface area contributed by atoms with Crippen molar-refractivity contribution >= 4 is 11.7 Å². The maximum absolute atomic E-state index is 12.0. The van der Waals surface area contributed by atoms with Crippen LogP contribution in [0.2, 0.25) is 0 Å². The van der Waals surface area contributed by atoms with Gasteiger partial charge in [-0.3, -0.25) is 0 Å². The van der Waals surface area contributed by atoms with E-state index in [4.69, 9.17) is 4.42 Å². The Labute approximate surface area is 147 Å². The fraction of sp³-hybridized carbons (Fsp3) is 0.421. The minimum atomic E-state index is -1.22. The van der Waals surface area contributed by atoms with Gasteiger partial charge in [-0.25, -0.2) is 4.79 Å². The highest BCUT2D eigenvalue weighted by Gasteiger charge is 2.27. The number of amides is 2. The number of nitrogens with one attached hydrogen (secondary N) is 2. The molecular weight excluding hydrogens is 318 g/mol. The molecule has 2 heterocycles. The molecule has 1 aliphatic heterocycles. The number of rotatable bonds is 6. The Bertz CT molecular complexity index is 670. The third-order valence-electron chi connectivity index (χ3n) is 4.60. The number of anilines is 1. The average molecular weight is 343 g/mol. The van der Waals surface area contributed by atoms with Gasteiger partial charge in [0.25, 0.3) is 0 Å². The predicted molar refractivity (Wildman–Crippen MR) is 96.4 cm³/mol. The predicted octanol–water partition coefficient (Wildman–Crippen LogP) is 2.31. The lowest BCUT2D eigenvalue weighted by Crippen LogP contribution is -2.44. The van der Waals surface area contributed by atoms with Crippen LogP contribution >= 0.6 is 0 Å². The number of hydrogen-bond donors (Lipinski definition) is 3. The molecule has 3 N–H and O–H groups in total. The molecule has 2 amide bonds. The summed E-state index contributed by atoms with van der Waals surface area (Å²) in [6.45, 7) is 4.27. The van der Waals surface area contributed by atoms with Crippen LogP contribution in [0.25, 0.3) is 0 Å². The lowest BCUT2D eigenvalue weighted by atomic mass is 10.0. The fourth-order valence-electron chi connectivity index (χ4n) is 3.10. The molecule has 1 fully saturated rings. The largest absolute Gasteiger partial charge is 0.466 e. The standard InChI is InChI=1S/C19H25N3O3/c1-19(24,17-8-5-11-25-17)14-21-18(23)20-12-15-9-10-22(13-15)16-6-3-2-4-7-16/h2-8,11,15,24H,9-10,12-14H2,1H3,(H2,20,21,23). The van der Waals surface area contributed by atoms with E-state index >= 15 is 0 Å². The summed E-state index contributed by atoms with van der Waals surface area (Å²) in [4.78, 5) is 14.3. The summed E-state index contributed by atoms with van der Waals surface area (Å²) in [5.41, 5.74) is 0.00197. The van der Waals surface area contributed by atoms with Crippen molar-refractivity contribution in [3.05, 3.63) is 54.5 Å². The van der Waals surface area contributed by atoms with E-state index in [1.807, 2.05) is 18.2 Å². The Morgan fingerprint density at radius 2 is 2.08 bits per heavy atom. The molecular formula is C19H25N3O3. The van der Waals surface area contributed by atoms with Crippen LogP contribution in [0.1, 0.15) is 19.1 Å². The number of carbonyl (C=O) groups is 1. The van der Waals surface area contributed by atoms with E-state index in [1.54, 1.807) is 19.1 Å². The quantitative estimate of drug-likeness (QED) is 0.752. The third kappa shape index (κ3) is 4.54. The maximum atomic E-state index is 12.0. The van der Waals surface area contributed by atoms with Crippen LogP contribution in [0.5, 0.6) is 0 Å². The maximum Gasteiger partial charge on any atom is 0.314 e. The molecule has 0 aliphatic carbocycles. The molecule has 6 heteroatoms. The normalized spacial score (nSPS) is 19.4. The fourth-order valence-corrected chi connectivity index (χ4v) is 3.10. The second-order valence-corrected chi connectivity index (χ2v) is 6.75. The van der Waals surface area contributed by atoms with E-state index < -0.39 is 5.60 Å². The Balaban J connectivity index is 1.40. The molecule has 0 radical (unpaired) electrons. The van der Waals surface area contributed by atoms with Gasteiger partial charge in [0.1, 0.15) is 11.4 Å². The van der Waals surface area contributed by atoms with Crippen molar-refractivity contribution in [1.29, 1.82) is 0 Å². The van der Waals surface area contributed by atoms with Gasteiger partial charge in [-0.15, -0.1) is 0 Å². The molecule has 0 saturated carbocycles. The molecule has 1 aliphatic rings. The zero-order chi connectivity index (χ0) is 17.7. The van der Waals surface area contributed by atoms with Gasteiger partial charge in [0.2, 0.25) is 0 Å². The number of carbonyl (C=O) groups excluding carboxylic acids is 1. The van der Waals surface area contributed by atoms with Gasteiger partial charge in [-0.05, 0) is 43.5 Å². The van der Waals surface area contributed by atoms with Gasteiger partial charge in [-0.2, -0.15) is 0 Å². The monoisotopic (exact) mass is 343 g/mol. The van der Waals surface area contributed by atoms with Crippen molar-refractivity contribution in [2.75, 3.05) is 31.1 Å². The molecule has 1 aromatic heterocycles. The SMILES string of the molecule is CC(O)(CNC(=O)NCC1CCN(c2ccccc2)C1)c1ccco1. The summed E-state index contributed by atoms with van der Waals surface area (Å²) >= 11 is 0. The molecule has 6 nitrogen and oxygen atoms in total. The Hall–Kier alpha value is -2.47. The van der Waals surface area contributed by atoms with E-state index in [-0.39, 0.29) is 12.6 Å².